The third-order valence-electron chi connectivity index (χ3n) is 5.59. The maximum absolute atomic E-state index is 13.3. The highest BCUT2D eigenvalue weighted by molar-refractivity contribution is 5.95. The van der Waals surface area contributed by atoms with Gasteiger partial charge in [0.15, 0.2) is 0 Å². The van der Waals surface area contributed by atoms with Crippen LogP contribution < -0.4 is 15.4 Å². The number of hydrogen-bond acceptors (Lipinski definition) is 5. The van der Waals surface area contributed by atoms with Gasteiger partial charge in [0.2, 0.25) is 17.7 Å². The summed E-state index contributed by atoms with van der Waals surface area (Å²) in [5.74, 6) is -0.387. The Bertz CT molecular complexity index is 975. The van der Waals surface area contributed by atoms with Crippen molar-refractivity contribution >= 4 is 23.4 Å². The van der Waals surface area contributed by atoms with E-state index in [1.165, 1.54) is 29.2 Å². The number of hydrogen-bond donors (Lipinski definition) is 1. The molecular weight excluding hydrogens is 427 g/mol. The monoisotopic (exact) mass is 456 g/mol. The molecule has 0 unspecified atom stereocenters. The van der Waals surface area contributed by atoms with Gasteiger partial charge >= 0.3 is 0 Å². The first-order valence-corrected chi connectivity index (χ1v) is 10.8. The smallest absolute Gasteiger partial charge is 0.241 e. The Morgan fingerprint density at radius 1 is 1.06 bits per heavy atom. The third-order valence-corrected chi connectivity index (χ3v) is 5.59. The zero-order chi connectivity index (χ0) is 23.8. The molecule has 0 spiro atoms. The molecule has 0 atom stereocenters. The number of carbonyl (C=O) groups excluding carboxylic acids is 3. The van der Waals surface area contributed by atoms with Gasteiger partial charge in [0, 0.05) is 44.8 Å². The average Bonchev–Trinajstić information content (AvgIpc) is 2.80. The van der Waals surface area contributed by atoms with Gasteiger partial charge in [-0.2, -0.15) is 0 Å². The van der Waals surface area contributed by atoms with Crippen LogP contribution in [0.5, 0.6) is 5.75 Å². The lowest BCUT2D eigenvalue weighted by Gasteiger charge is -2.35. The summed E-state index contributed by atoms with van der Waals surface area (Å²) in [5.41, 5.74) is 6.65. The van der Waals surface area contributed by atoms with E-state index in [4.69, 9.17) is 10.5 Å². The zero-order valence-electron chi connectivity index (χ0n) is 18.7. The van der Waals surface area contributed by atoms with E-state index < -0.39 is 11.7 Å². The topological polar surface area (TPSA) is 96.2 Å². The number of anilines is 1. The Hall–Kier alpha value is -3.46. The van der Waals surface area contributed by atoms with Crippen molar-refractivity contribution in [3.05, 3.63) is 59.9 Å². The van der Waals surface area contributed by atoms with E-state index in [1.807, 2.05) is 29.2 Å². The molecule has 1 saturated heterocycles. The van der Waals surface area contributed by atoms with Gasteiger partial charge in [0.25, 0.3) is 0 Å². The maximum Gasteiger partial charge on any atom is 0.241 e. The van der Waals surface area contributed by atoms with E-state index in [-0.39, 0.29) is 31.3 Å². The maximum atomic E-state index is 13.3. The van der Waals surface area contributed by atoms with Crippen molar-refractivity contribution in [3.8, 4) is 5.75 Å². The zero-order valence-corrected chi connectivity index (χ0v) is 18.7. The SMILES string of the molecule is COc1cccc(CC(=O)N2CCN(CC(=O)N(CCC(N)=O)c3ccc(F)cc3)CC2)c1. The summed E-state index contributed by atoms with van der Waals surface area (Å²) >= 11 is 0. The fourth-order valence-corrected chi connectivity index (χ4v) is 3.74. The first kappa shape index (κ1) is 24.2. The Balaban J connectivity index is 1.54. The van der Waals surface area contributed by atoms with Crippen molar-refractivity contribution < 1.29 is 23.5 Å². The number of halogens is 1. The first-order valence-electron chi connectivity index (χ1n) is 10.8. The van der Waals surface area contributed by atoms with Gasteiger partial charge in [-0.15, -0.1) is 0 Å². The second-order valence-corrected chi connectivity index (χ2v) is 7.92. The summed E-state index contributed by atoms with van der Waals surface area (Å²) in [6.45, 7) is 2.42. The van der Waals surface area contributed by atoms with E-state index in [9.17, 15) is 18.8 Å². The summed E-state index contributed by atoms with van der Waals surface area (Å²) in [6.07, 6.45) is 0.303. The number of methoxy groups -OCH3 is 1. The van der Waals surface area contributed by atoms with Crippen molar-refractivity contribution in [1.82, 2.24) is 9.80 Å². The minimum absolute atomic E-state index is 0.00959. The minimum Gasteiger partial charge on any atom is -0.497 e. The number of carbonyl (C=O) groups is 3. The second kappa shape index (κ2) is 11.4. The Kier molecular flexibility index (Phi) is 8.37. The van der Waals surface area contributed by atoms with Gasteiger partial charge in [-0.1, -0.05) is 12.1 Å². The normalized spacial score (nSPS) is 14.1. The second-order valence-electron chi connectivity index (χ2n) is 7.92. The number of amides is 3. The molecule has 1 fully saturated rings. The lowest BCUT2D eigenvalue weighted by atomic mass is 10.1. The van der Waals surface area contributed by atoms with Crippen LogP contribution in [0, 0.1) is 5.82 Å². The molecule has 0 aromatic heterocycles. The van der Waals surface area contributed by atoms with E-state index in [0.29, 0.717) is 44.0 Å². The summed E-state index contributed by atoms with van der Waals surface area (Å²) < 4.78 is 18.5. The standard InChI is InChI=1S/C24H29FN4O4/c1-33-21-4-2-3-18(15-21)16-23(31)28-13-11-27(12-14-28)17-24(32)29(10-9-22(26)30)20-7-5-19(25)6-8-20/h2-8,15H,9-14,16-17H2,1H3,(H2,26,30). The van der Waals surface area contributed by atoms with Gasteiger partial charge in [-0.05, 0) is 42.0 Å². The Morgan fingerprint density at radius 3 is 2.39 bits per heavy atom. The number of nitrogens with zero attached hydrogens (tertiary/aromatic N) is 3. The summed E-state index contributed by atoms with van der Waals surface area (Å²) in [6, 6.07) is 13.0. The molecule has 176 valence electrons. The number of ether oxygens (including phenoxy) is 1. The molecule has 1 heterocycles. The van der Waals surface area contributed by atoms with Crippen molar-refractivity contribution in [2.24, 2.45) is 5.73 Å². The largest absolute Gasteiger partial charge is 0.497 e. The van der Waals surface area contributed by atoms with Gasteiger partial charge in [0.1, 0.15) is 11.6 Å². The number of benzene rings is 2. The molecule has 3 amide bonds. The number of primary amides is 1. The number of nitrogens with two attached hydrogens (primary N) is 1. The fourth-order valence-electron chi connectivity index (χ4n) is 3.74. The molecular formula is C24H29FN4O4. The highest BCUT2D eigenvalue weighted by atomic mass is 19.1. The Labute approximate surface area is 192 Å². The first-order chi connectivity index (χ1) is 15.9. The average molecular weight is 457 g/mol. The van der Waals surface area contributed by atoms with Crippen molar-refractivity contribution in [1.29, 1.82) is 0 Å². The molecule has 0 bridgehead atoms. The third kappa shape index (κ3) is 7.01. The predicted octanol–water partition coefficient (Wildman–Crippen LogP) is 1.43. The molecule has 1 aliphatic heterocycles. The lowest BCUT2D eigenvalue weighted by molar-refractivity contribution is -0.132. The van der Waals surface area contributed by atoms with Gasteiger partial charge in [0.05, 0.1) is 20.1 Å². The van der Waals surface area contributed by atoms with Crippen LogP contribution in [0.4, 0.5) is 10.1 Å². The molecule has 33 heavy (non-hydrogen) atoms. The molecule has 2 aromatic carbocycles. The van der Waals surface area contributed by atoms with E-state index in [1.54, 1.807) is 12.0 Å². The van der Waals surface area contributed by atoms with Crippen LogP contribution in [0.2, 0.25) is 0 Å². The van der Waals surface area contributed by atoms with Gasteiger partial charge < -0.3 is 20.3 Å². The highest BCUT2D eigenvalue weighted by Gasteiger charge is 2.25. The van der Waals surface area contributed by atoms with Crippen LogP contribution in [0.1, 0.15) is 12.0 Å². The molecule has 9 heteroatoms. The van der Waals surface area contributed by atoms with Crippen LogP contribution in [-0.2, 0) is 20.8 Å². The molecule has 2 aromatic rings. The summed E-state index contributed by atoms with van der Waals surface area (Å²) in [4.78, 5) is 42.1. The summed E-state index contributed by atoms with van der Waals surface area (Å²) in [7, 11) is 1.59. The molecule has 0 aliphatic carbocycles. The van der Waals surface area contributed by atoms with Crippen LogP contribution in [0.15, 0.2) is 48.5 Å². The van der Waals surface area contributed by atoms with Gasteiger partial charge in [-0.3, -0.25) is 19.3 Å². The number of rotatable bonds is 9. The van der Waals surface area contributed by atoms with Gasteiger partial charge in [-0.25, -0.2) is 4.39 Å². The van der Waals surface area contributed by atoms with Crippen LogP contribution in [-0.4, -0.2) is 73.9 Å². The quantitative estimate of drug-likeness (QED) is 0.616. The van der Waals surface area contributed by atoms with Crippen molar-refractivity contribution in [2.75, 3.05) is 51.3 Å². The molecule has 3 rings (SSSR count). The van der Waals surface area contributed by atoms with E-state index in [2.05, 4.69) is 0 Å². The minimum atomic E-state index is -0.516. The van der Waals surface area contributed by atoms with Crippen LogP contribution in [0.3, 0.4) is 0 Å². The van der Waals surface area contributed by atoms with E-state index in [0.717, 1.165) is 5.56 Å². The van der Waals surface area contributed by atoms with E-state index >= 15 is 0 Å². The molecule has 8 nitrogen and oxygen atoms in total. The van der Waals surface area contributed by atoms with Crippen LogP contribution >= 0.6 is 0 Å². The predicted molar refractivity (Wildman–Crippen MR) is 122 cm³/mol. The highest BCUT2D eigenvalue weighted by Crippen LogP contribution is 2.17. The van der Waals surface area contributed by atoms with Crippen molar-refractivity contribution in [2.45, 2.75) is 12.8 Å². The van der Waals surface area contributed by atoms with Crippen molar-refractivity contribution in [3.63, 3.8) is 0 Å². The Morgan fingerprint density at radius 2 is 1.76 bits per heavy atom. The summed E-state index contributed by atoms with van der Waals surface area (Å²) in [5, 5.41) is 0. The lowest BCUT2D eigenvalue weighted by Crippen LogP contribution is -2.52. The molecule has 0 radical (unpaired) electrons. The molecule has 0 saturated carbocycles. The molecule has 1 aliphatic rings. The fraction of sp³-hybridized carbons (Fsp3) is 0.375. The molecule has 2 N–H and O–H groups in total. The van der Waals surface area contributed by atoms with Crippen LogP contribution in [0.25, 0.3) is 0 Å². The number of piperazine rings is 1.